The van der Waals surface area contributed by atoms with Crippen LogP contribution in [0, 0.1) is 0 Å². The summed E-state index contributed by atoms with van der Waals surface area (Å²) in [5.74, 6) is 0. The first-order chi connectivity index (χ1) is 53.6. The summed E-state index contributed by atoms with van der Waals surface area (Å²) in [6.45, 7) is 2.00. The van der Waals surface area contributed by atoms with Crippen molar-refractivity contribution < 1.29 is 20.5 Å². The molecule has 1 fully saturated rings. The zero-order valence-electron chi connectivity index (χ0n) is 60.2. The van der Waals surface area contributed by atoms with Gasteiger partial charge in [-0.05, 0) is 183 Å². The van der Waals surface area contributed by atoms with Crippen LogP contribution in [-0.2, 0) is 4.74 Å². The van der Waals surface area contributed by atoms with Gasteiger partial charge in [0.1, 0.15) is 0 Å². The average molecular weight is 1560 g/mol. The zero-order valence-corrected chi connectivity index (χ0v) is 63.2. The summed E-state index contributed by atoms with van der Waals surface area (Å²) in [5.41, 5.74) is 23.8. The van der Waals surface area contributed by atoms with Gasteiger partial charge in [0.2, 0.25) is 0 Å². The van der Waals surface area contributed by atoms with Gasteiger partial charge in [0.05, 0.1) is 41.6 Å². The molecule has 0 amide bonds. The van der Waals surface area contributed by atoms with E-state index in [1.54, 1.807) is 24.3 Å². The molecule has 3 aromatic heterocycles. The molecule has 18 aromatic rings. The maximum absolute atomic E-state index is 9.96. The molecule has 1 saturated heterocycles. The van der Waals surface area contributed by atoms with Crippen molar-refractivity contribution in [2.24, 2.45) is 4.30 Å². The molecule has 0 spiro atoms. The normalized spacial score (nSPS) is 11.4. The number of nitrogens with zero attached hydrogens (tertiary/aromatic N) is 4. The van der Waals surface area contributed by atoms with Crippen molar-refractivity contribution in [1.29, 1.82) is 0 Å². The molecule has 1 aliphatic rings. The van der Waals surface area contributed by atoms with Crippen molar-refractivity contribution in [2.75, 3.05) is 20.4 Å². The predicted molar refractivity (Wildman–Crippen MR) is 465 cm³/mol. The molecule has 19 rings (SSSR count). The molecule has 2 N–H and O–H groups in total. The molecule has 527 valence electrons. The van der Waals surface area contributed by atoms with E-state index < -0.39 is 14.3 Å². The van der Waals surface area contributed by atoms with Gasteiger partial charge in [0.15, 0.2) is 0 Å². The minimum atomic E-state index is -1.34. The fourth-order valence-electron chi connectivity index (χ4n) is 13.8. The average Bonchev–Trinajstić information content (AvgIpc) is 1.61. The number of hydrogen-bond donors (Lipinski definition) is 3. The molecule has 1 aliphatic heterocycles. The number of rotatable bonds is 9. The van der Waals surface area contributed by atoms with Gasteiger partial charge in [0, 0.05) is 71.5 Å². The smallest absolute Gasteiger partial charge is 0.0541 e. The van der Waals surface area contributed by atoms with Gasteiger partial charge in [-0.25, -0.2) is 0 Å². The van der Waals surface area contributed by atoms with E-state index >= 15 is 0 Å². The maximum Gasteiger partial charge on any atom is 0.0541 e. The quantitative estimate of drug-likeness (QED) is 0.0995. The van der Waals surface area contributed by atoms with Crippen LogP contribution in [0.3, 0.4) is 0 Å². The maximum atomic E-state index is 9.96. The van der Waals surface area contributed by atoms with E-state index in [-0.39, 0.29) is 0 Å². The Labute approximate surface area is 655 Å². The molecule has 4 heterocycles. The number of ether oxygens (including phenoxy) is 1. The standard InChI is InChI=1S/C30H20BrN.C30H21N.C24H16BrN.C6H7BO2.C4H8O.CH3F.BHNS/c31-25-14-18-30-28(20-25)27-19-24(22-9-5-2-6-10-22)13-17-29(27)32(30)26-15-11-23(12-16-26)21-7-3-1-4-8-21;1-3-9-22(10-4-1)24-15-18-26(19-16-24)31-29-14-8-7-13-27(29)28-21-25(17-20-30(28)31)23-11-5-2-6-12-23;25-19-12-15-24-22(16-19)21-8-4-5-9-23(21)26(24)20-13-10-18(11-14-20)17-6-2-1-3-7-17;8-7(9)6-4-2-1-3-5-6;1-2-4-5-3-1;1-2;1-2-3/h1-20H;1-21H;1-16H;1-5,8-9H;1-4H2;1H3;3H/i;;;;;1D;. The summed E-state index contributed by atoms with van der Waals surface area (Å²) in [4.78, 5) is 0. The molecular weight excluding hydrogens is 1480 g/mol. The van der Waals surface area contributed by atoms with Gasteiger partial charge in [-0.1, -0.05) is 299 Å². The Hall–Kier alpha value is -11.3. The van der Waals surface area contributed by atoms with Crippen LogP contribution in [0.5, 0.6) is 0 Å². The Bertz CT molecular complexity index is 5960. The van der Waals surface area contributed by atoms with Crippen LogP contribution in [0.25, 0.3) is 138 Å². The molecule has 108 heavy (non-hydrogen) atoms. The van der Waals surface area contributed by atoms with Gasteiger partial charge in [-0.3, -0.25) is 4.39 Å². The van der Waals surface area contributed by atoms with Crippen LogP contribution in [-0.4, -0.2) is 58.9 Å². The third kappa shape index (κ3) is 17.6. The molecule has 0 aliphatic carbocycles. The van der Waals surface area contributed by atoms with E-state index in [0.717, 1.165) is 22.2 Å². The number of hydrogen-bond acceptors (Lipinski definition) is 5. The van der Waals surface area contributed by atoms with Crippen molar-refractivity contribution in [2.45, 2.75) is 12.8 Å². The van der Waals surface area contributed by atoms with E-state index in [1.807, 2.05) is 12.1 Å². The summed E-state index contributed by atoms with van der Waals surface area (Å²) in [6, 6.07) is 132. The van der Waals surface area contributed by atoms with Crippen LogP contribution < -0.4 is 5.46 Å². The topological polar surface area (TPSA) is 76.8 Å². The van der Waals surface area contributed by atoms with Crippen LogP contribution in [0.1, 0.15) is 14.2 Å². The number of aromatic nitrogens is 3. The summed E-state index contributed by atoms with van der Waals surface area (Å²) in [5, 5.41) is 24.8. The molecule has 15 aromatic carbocycles. The number of thiol groups is 1. The largest absolute Gasteiger partial charge is 0.309 e. The molecule has 0 bridgehead atoms. The van der Waals surface area contributed by atoms with Gasteiger partial charge < -0.3 is 28.5 Å². The van der Waals surface area contributed by atoms with E-state index in [1.165, 1.54) is 151 Å². The first-order valence-electron chi connectivity index (χ1n) is 36.2. The molecule has 13 heteroatoms. The van der Waals surface area contributed by atoms with Crippen molar-refractivity contribution in [1.82, 2.24) is 13.7 Å². The third-order valence-electron chi connectivity index (χ3n) is 18.9. The van der Waals surface area contributed by atoms with Crippen molar-refractivity contribution in [3.8, 4) is 72.7 Å². The van der Waals surface area contributed by atoms with Crippen molar-refractivity contribution >= 4 is 130 Å². The molecule has 0 unspecified atom stereocenters. The fraction of sp³-hybridized carbons (Fsp3) is 0.0526. The fourth-order valence-corrected chi connectivity index (χ4v) is 14.5. The van der Waals surface area contributed by atoms with Gasteiger partial charge >= 0.3 is 31.9 Å². The van der Waals surface area contributed by atoms with Crippen LogP contribution in [0.15, 0.2) is 389 Å². The number of alkyl halides is 1. The molecular formula is C95H76B2Br2FN4O3S. The Morgan fingerprint density at radius 3 is 0.861 bits per heavy atom. The number of halogens is 3. The SMILES string of the molecule is Brc1ccc2c(c1)c1cc(-c3ccccc3)ccc1n2-c1ccc(-c2ccccc2)cc1.Brc1ccc2c(c1)c1ccccc1n2-c1ccc(-c2ccccc2)cc1.C1CCOC1.OB(O)c1ccccc1.[2H]CF.[B]=NS.c1ccc(-c2ccc(-n3c4ccccc4c4cc(-c5ccccc5)ccc43)cc2)cc1. The predicted octanol–water partition coefficient (Wildman–Crippen LogP) is 25.1. The minimum Gasteiger partial charge on any atom is -0.309 e. The molecule has 0 atom stereocenters. The number of benzene rings is 15. The van der Waals surface area contributed by atoms with Gasteiger partial charge in [-0.15, -0.1) is 0 Å². The van der Waals surface area contributed by atoms with Gasteiger partial charge in [-0.2, -0.15) is 0 Å². The number of fused-ring (bicyclic) bond motifs is 9. The Morgan fingerprint density at radius 2 is 0.565 bits per heavy atom. The first kappa shape index (κ1) is 73.6. The summed E-state index contributed by atoms with van der Waals surface area (Å²) in [6.07, 6.45) is 2.56. The second-order valence-corrected chi connectivity index (χ2v) is 27.6. The van der Waals surface area contributed by atoms with Crippen molar-refractivity contribution in [3.63, 3.8) is 0 Å². The summed E-state index contributed by atoms with van der Waals surface area (Å²) < 4.78 is 32.4. The van der Waals surface area contributed by atoms with E-state index in [2.05, 4.69) is 410 Å². The van der Waals surface area contributed by atoms with Gasteiger partial charge in [0.25, 0.3) is 0 Å². The van der Waals surface area contributed by atoms with E-state index in [9.17, 15) is 4.39 Å². The van der Waals surface area contributed by atoms with Crippen molar-refractivity contribution in [3.05, 3.63) is 385 Å². The minimum absolute atomic E-state index is 0.525. The number of para-hydroxylation sites is 2. The Kier molecular flexibility index (Phi) is 25.1. The van der Waals surface area contributed by atoms with Crippen LogP contribution in [0.2, 0.25) is 0 Å². The van der Waals surface area contributed by atoms with E-state index in [0.29, 0.717) is 5.46 Å². The summed E-state index contributed by atoms with van der Waals surface area (Å²) in [7, 11) is 1.99. The second kappa shape index (κ2) is 36.8. The Morgan fingerprint density at radius 1 is 0.333 bits per heavy atom. The first-order valence-corrected chi connectivity index (χ1v) is 37.5. The summed E-state index contributed by atoms with van der Waals surface area (Å²) >= 11 is 10.5. The third-order valence-corrected chi connectivity index (χ3v) is 19.9. The van der Waals surface area contributed by atoms with Crippen LogP contribution >= 0.6 is 44.7 Å². The second-order valence-electron chi connectivity index (χ2n) is 25.5. The van der Waals surface area contributed by atoms with Crippen LogP contribution in [0.4, 0.5) is 4.39 Å². The Balaban J connectivity index is 0.000000128. The monoisotopic (exact) mass is 1550 g/mol. The molecule has 0 saturated carbocycles. The molecule has 7 nitrogen and oxygen atoms in total. The zero-order chi connectivity index (χ0) is 75.3. The van der Waals surface area contributed by atoms with E-state index in [4.69, 9.17) is 16.2 Å². The molecule has 1 radical (unpaired) electrons.